The zero-order valence-corrected chi connectivity index (χ0v) is 19.7. The van der Waals surface area contributed by atoms with Crippen LogP contribution in [0.5, 0.6) is 0 Å². The zero-order chi connectivity index (χ0) is 26.4. The minimum Gasteiger partial charge on any atom is -0.358 e. The quantitative estimate of drug-likeness (QED) is 0.339. The summed E-state index contributed by atoms with van der Waals surface area (Å²) in [5.74, 6) is -1.40. The number of amides is 1. The number of anilines is 3. The van der Waals surface area contributed by atoms with E-state index in [2.05, 4.69) is 30.9 Å². The van der Waals surface area contributed by atoms with Gasteiger partial charge in [0, 0.05) is 31.1 Å². The van der Waals surface area contributed by atoms with Crippen LogP contribution in [0.25, 0.3) is 11.1 Å². The predicted molar refractivity (Wildman–Crippen MR) is 124 cm³/mol. The van der Waals surface area contributed by atoms with Gasteiger partial charge in [-0.2, -0.15) is 18.3 Å². The molecular weight excluding hydrogens is 494 g/mol. The average Bonchev–Trinajstić information content (AvgIpc) is 3.37. The fourth-order valence-corrected chi connectivity index (χ4v) is 4.00. The number of nitrogens with zero attached hydrogens (tertiary/aromatic N) is 5. The second-order valence-electron chi connectivity index (χ2n) is 8.91. The number of benzene rings is 1. The molecule has 13 heteroatoms. The molecule has 1 amide bonds. The second kappa shape index (κ2) is 8.98. The van der Waals surface area contributed by atoms with Crippen LogP contribution in [0.2, 0.25) is 0 Å². The summed E-state index contributed by atoms with van der Waals surface area (Å²) in [7, 11) is 1.79. The van der Waals surface area contributed by atoms with Crippen LogP contribution in [0.4, 0.5) is 35.0 Å². The van der Waals surface area contributed by atoms with Gasteiger partial charge >= 0.3 is 6.18 Å². The smallest absolute Gasteiger partial charge is 0.358 e. The molecule has 0 bridgehead atoms. The minimum absolute atomic E-state index is 0.0924. The van der Waals surface area contributed by atoms with Crippen LogP contribution in [0.1, 0.15) is 29.9 Å². The number of carbonyl (C=O) groups excluding carboxylic acids is 1. The number of alkyl halides is 3. The van der Waals surface area contributed by atoms with Crippen molar-refractivity contribution in [1.82, 2.24) is 24.9 Å². The van der Waals surface area contributed by atoms with E-state index in [1.54, 1.807) is 43.3 Å². The molecule has 0 unspecified atom stereocenters. The molecule has 0 spiro atoms. The Hall–Kier alpha value is -4.29. The minimum atomic E-state index is -4.46. The van der Waals surface area contributed by atoms with Gasteiger partial charge in [-0.05, 0) is 37.0 Å². The number of aryl methyl sites for hydroxylation is 2. The summed E-state index contributed by atoms with van der Waals surface area (Å²) < 4.78 is 61.0. The normalized spacial score (nSPS) is 14.4. The van der Waals surface area contributed by atoms with Crippen molar-refractivity contribution in [2.75, 3.05) is 10.6 Å². The van der Waals surface area contributed by atoms with E-state index >= 15 is 0 Å². The van der Waals surface area contributed by atoms with E-state index in [0.29, 0.717) is 22.8 Å². The molecule has 4 aromatic rings. The van der Waals surface area contributed by atoms with Crippen LogP contribution in [-0.2, 0) is 23.7 Å². The van der Waals surface area contributed by atoms with Crippen LogP contribution >= 0.6 is 0 Å². The third-order valence-corrected chi connectivity index (χ3v) is 6.20. The molecule has 1 aromatic carbocycles. The Labute approximate surface area is 207 Å². The Bertz CT molecular complexity index is 1470. The Morgan fingerprint density at radius 1 is 1.22 bits per heavy atom. The number of hydrogen-bond acceptors (Lipinski definition) is 7. The van der Waals surface area contributed by atoms with Gasteiger partial charge in [-0.1, -0.05) is 17.3 Å². The van der Waals surface area contributed by atoms with E-state index in [1.807, 2.05) is 0 Å². The number of carbonyl (C=O) groups is 1. The lowest BCUT2D eigenvalue weighted by Crippen LogP contribution is -2.28. The average molecular weight is 515 g/mol. The van der Waals surface area contributed by atoms with Crippen LogP contribution in [0.3, 0.4) is 0 Å². The standard InChI is InChI=1S/C24H21F4N7O2/c1-13-17(11-29-22(31-13)32-16-10-30-35(2)12-16)14-3-4-15(18(25)7-14)8-21(36)33-20-9-19(37-34-20)23(5-6-23)24(26,27)28/h3-4,7,9-12H,5-6,8H2,1-2H3,(H,29,31,32)(H,33,34,36). The summed E-state index contributed by atoms with van der Waals surface area (Å²) in [6.45, 7) is 1.77. The third-order valence-electron chi connectivity index (χ3n) is 6.20. The molecule has 1 saturated carbocycles. The van der Waals surface area contributed by atoms with Gasteiger partial charge in [-0.15, -0.1) is 0 Å². The molecule has 9 nitrogen and oxygen atoms in total. The molecule has 1 fully saturated rings. The Kier molecular flexibility index (Phi) is 5.92. The maximum atomic E-state index is 14.8. The first-order valence-electron chi connectivity index (χ1n) is 11.3. The highest BCUT2D eigenvalue weighted by atomic mass is 19.4. The highest BCUT2D eigenvalue weighted by molar-refractivity contribution is 5.91. The van der Waals surface area contributed by atoms with E-state index in [1.165, 1.54) is 12.1 Å². The topological polar surface area (TPSA) is 111 Å². The molecule has 37 heavy (non-hydrogen) atoms. The third kappa shape index (κ3) is 4.88. The van der Waals surface area contributed by atoms with Gasteiger partial charge in [0.15, 0.2) is 11.6 Å². The maximum Gasteiger partial charge on any atom is 0.401 e. The molecule has 5 rings (SSSR count). The van der Waals surface area contributed by atoms with Gasteiger partial charge in [0.05, 0.1) is 24.0 Å². The molecule has 1 aliphatic carbocycles. The van der Waals surface area contributed by atoms with Gasteiger partial charge in [0.2, 0.25) is 11.9 Å². The van der Waals surface area contributed by atoms with Crippen molar-refractivity contribution in [2.45, 2.75) is 37.8 Å². The molecule has 0 saturated heterocycles. The lowest BCUT2D eigenvalue weighted by atomic mass is 10.0. The fraction of sp³-hybridized carbons (Fsp3) is 0.292. The van der Waals surface area contributed by atoms with E-state index in [9.17, 15) is 22.4 Å². The Morgan fingerprint density at radius 2 is 2.00 bits per heavy atom. The monoisotopic (exact) mass is 515 g/mol. The highest BCUT2D eigenvalue weighted by Gasteiger charge is 2.66. The van der Waals surface area contributed by atoms with E-state index in [0.717, 1.165) is 11.8 Å². The van der Waals surface area contributed by atoms with Gasteiger partial charge < -0.3 is 15.2 Å². The van der Waals surface area contributed by atoms with Gasteiger partial charge in [-0.25, -0.2) is 14.4 Å². The first kappa shape index (κ1) is 24.4. The van der Waals surface area contributed by atoms with Crippen LogP contribution in [0.15, 0.2) is 47.4 Å². The molecule has 0 radical (unpaired) electrons. The maximum absolute atomic E-state index is 14.8. The largest absolute Gasteiger partial charge is 0.401 e. The predicted octanol–water partition coefficient (Wildman–Crippen LogP) is 4.83. The summed E-state index contributed by atoms with van der Waals surface area (Å²) in [6, 6.07) is 5.44. The summed E-state index contributed by atoms with van der Waals surface area (Å²) in [6.07, 6.45) is -0.0246. The summed E-state index contributed by atoms with van der Waals surface area (Å²) in [5.41, 5.74) is 0.528. The Morgan fingerprint density at radius 3 is 2.62 bits per heavy atom. The van der Waals surface area contributed by atoms with Crippen LogP contribution in [-0.4, -0.2) is 37.0 Å². The number of nitrogens with one attached hydrogen (secondary N) is 2. The van der Waals surface area contributed by atoms with E-state index < -0.39 is 23.3 Å². The molecule has 2 N–H and O–H groups in total. The van der Waals surface area contributed by atoms with Crippen molar-refractivity contribution < 1.29 is 26.9 Å². The molecule has 0 atom stereocenters. The van der Waals surface area contributed by atoms with Crippen LogP contribution < -0.4 is 10.6 Å². The zero-order valence-electron chi connectivity index (χ0n) is 19.7. The molecule has 1 aliphatic rings. The van der Waals surface area contributed by atoms with E-state index in [-0.39, 0.29) is 36.4 Å². The van der Waals surface area contributed by atoms with Gasteiger partial charge in [0.25, 0.3) is 0 Å². The van der Waals surface area contributed by atoms with Crippen molar-refractivity contribution in [2.24, 2.45) is 7.05 Å². The Balaban J connectivity index is 1.24. The lowest BCUT2D eigenvalue weighted by molar-refractivity contribution is -0.165. The summed E-state index contributed by atoms with van der Waals surface area (Å²) in [5, 5.41) is 13.0. The molecule has 3 heterocycles. The van der Waals surface area contributed by atoms with Crippen LogP contribution in [0, 0.1) is 12.7 Å². The number of hydrogen-bond donors (Lipinski definition) is 2. The van der Waals surface area contributed by atoms with Crippen molar-refractivity contribution in [3.8, 4) is 11.1 Å². The first-order valence-corrected chi connectivity index (χ1v) is 11.3. The summed E-state index contributed by atoms with van der Waals surface area (Å²) in [4.78, 5) is 21.1. The van der Waals surface area contributed by atoms with Gasteiger partial charge in [-0.3, -0.25) is 9.48 Å². The van der Waals surface area contributed by atoms with Crippen molar-refractivity contribution >= 4 is 23.4 Å². The summed E-state index contributed by atoms with van der Waals surface area (Å²) >= 11 is 0. The van der Waals surface area contributed by atoms with Crippen molar-refractivity contribution in [3.05, 3.63) is 65.7 Å². The molecular formula is C24H21F4N7O2. The van der Waals surface area contributed by atoms with Gasteiger partial charge in [0.1, 0.15) is 11.2 Å². The van der Waals surface area contributed by atoms with E-state index in [4.69, 9.17) is 4.52 Å². The molecule has 0 aliphatic heterocycles. The number of halogens is 4. The number of rotatable bonds is 7. The molecule has 192 valence electrons. The van der Waals surface area contributed by atoms with Crippen molar-refractivity contribution in [1.29, 1.82) is 0 Å². The highest BCUT2D eigenvalue weighted by Crippen LogP contribution is 2.59. The lowest BCUT2D eigenvalue weighted by Gasteiger charge is -2.14. The molecule has 3 aromatic heterocycles. The number of aromatic nitrogens is 5. The SMILES string of the molecule is Cc1nc(Nc2cnn(C)c2)ncc1-c1ccc(CC(=O)Nc2cc(C3(C(F)(F)F)CC3)on2)c(F)c1. The second-order valence-corrected chi connectivity index (χ2v) is 8.91. The fourth-order valence-electron chi connectivity index (χ4n) is 4.00. The first-order chi connectivity index (χ1) is 17.5. The van der Waals surface area contributed by atoms with Crippen molar-refractivity contribution in [3.63, 3.8) is 0 Å².